The maximum absolute atomic E-state index is 12.1. The summed E-state index contributed by atoms with van der Waals surface area (Å²) in [5.41, 5.74) is 5.07. The Morgan fingerprint density at radius 2 is 1.62 bits per heavy atom. The molecule has 1 aromatic rings. The molecule has 2 rings (SSSR count). The fourth-order valence-corrected chi connectivity index (χ4v) is 4.17. The second-order valence-electron chi connectivity index (χ2n) is 7.02. The van der Waals surface area contributed by atoms with Crippen LogP contribution < -0.4 is 5.43 Å². The molecule has 0 spiro atoms. The SMILES string of the molecule is O=C(CSCc1cccc(Cl)c1)NN=C1CCCCCCCCCCC1. The molecular weight excluding hydrogens is 364 g/mol. The van der Waals surface area contributed by atoms with Gasteiger partial charge in [0, 0.05) is 16.5 Å². The van der Waals surface area contributed by atoms with E-state index in [9.17, 15) is 4.79 Å². The van der Waals surface area contributed by atoms with Crippen LogP contribution >= 0.6 is 23.4 Å². The summed E-state index contributed by atoms with van der Waals surface area (Å²) in [6, 6.07) is 7.77. The van der Waals surface area contributed by atoms with Crippen molar-refractivity contribution in [1.82, 2.24) is 5.43 Å². The lowest BCUT2D eigenvalue weighted by Gasteiger charge is -2.10. The molecule has 1 aliphatic rings. The predicted molar refractivity (Wildman–Crippen MR) is 114 cm³/mol. The number of nitrogens with zero attached hydrogens (tertiary/aromatic N) is 1. The Bertz CT molecular complexity index is 563. The van der Waals surface area contributed by atoms with Crippen molar-refractivity contribution in [3.8, 4) is 0 Å². The van der Waals surface area contributed by atoms with Crippen LogP contribution in [0.25, 0.3) is 0 Å². The van der Waals surface area contributed by atoms with E-state index >= 15 is 0 Å². The van der Waals surface area contributed by atoms with Crippen molar-refractivity contribution in [2.24, 2.45) is 5.10 Å². The molecule has 1 aliphatic carbocycles. The van der Waals surface area contributed by atoms with E-state index in [2.05, 4.69) is 10.5 Å². The summed E-state index contributed by atoms with van der Waals surface area (Å²) in [7, 11) is 0. The molecule has 1 saturated carbocycles. The minimum absolute atomic E-state index is 0.0179. The lowest BCUT2D eigenvalue weighted by molar-refractivity contribution is -0.118. The number of halogens is 1. The van der Waals surface area contributed by atoms with Gasteiger partial charge in [0.2, 0.25) is 5.91 Å². The van der Waals surface area contributed by atoms with E-state index in [1.807, 2.05) is 24.3 Å². The number of nitrogens with one attached hydrogen (secondary N) is 1. The minimum Gasteiger partial charge on any atom is -0.272 e. The van der Waals surface area contributed by atoms with Gasteiger partial charge in [-0.15, -0.1) is 11.8 Å². The number of thioether (sulfide) groups is 1. The van der Waals surface area contributed by atoms with Gasteiger partial charge in [0.25, 0.3) is 0 Å². The van der Waals surface area contributed by atoms with Crippen LogP contribution in [0.3, 0.4) is 0 Å². The number of amides is 1. The van der Waals surface area contributed by atoms with Gasteiger partial charge in [-0.25, -0.2) is 5.43 Å². The first kappa shape index (κ1) is 21.3. The summed E-state index contributed by atoms with van der Waals surface area (Å²) < 4.78 is 0. The highest BCUT2D eigenvalue weighted by molar-refractivity contribution is 7.99. The number of carbonyl (C=O) groups is 1. The van der Waals surface area contributed by atoms with Crippen LogP contribution in [0.2, 0.25) is 5.02 Å². The van der Waals surface area contributed by atoms with Gasteiger partial charge in [0.15, 0.2) is 0 Å². The highest BCUT2D eigenvalue weighted by atomic mass is 35.5. The average molecular weight is 395 g/mol. The summed E-state index contributed by atoms with van der Waals surface area (Å²) in [6.07, 6.45) is 13.8. The Morgan fingerprint density at radius 3 is 2.23 bits per heavy atom. The molecule has 1 amide bonds. The molecule has 0 aromatic heterocycles. The van der Waals surface area contributed by atoms with Crippen LogP contribution in [0, 0.1) is 0 Å². The number of hydrogen-bond acceptors (Lipinski definition) is 3. The third-order valence-corrected chi connectivity index (χ3v) is 5.90. The Balaban J connectivity index is 1.71. The Kier molecular flexibility index (Phi) is 10.8. The van der Waals surface area contributed by atoms with Crippen LogP contribution in [0.1, 0.15) is 76.2 Å². The molecular formula is C21H31ClN2OS. The topological polar surface area (TPSA) is 41.5 Å². The molecule has 0 aliphatic heterocycles. The zero-order valence-corrected chi connectivity index (χ0v) is 17.2. The summed E-state index contributed by atoms with van der Waals surface area (Å²) in [4.78, 5) is 12.1. The van der Waals surface area contributed by atoms with Crippen molar-refractivity contribution in [2.75, 3.05) is 5.75 Å². The van der Waals surface area contributed by atoms with E-state index in [1.54, 1.807) is 11.8 Å². The van der Waals surface area contributed by atoms with Crippen LogP contribution in [-0.4, -0.2) is 17.4 Å². The number of hydrogen-bond donors (Lipinski definition) is 1. The number of hydrazone groups is 1. The quantitative estimate of drug-likeness (QED) is 0.591. The monoisotopic (exact) mass is 394 g/mol. The zero-order valence-electron chi connectivity index (χ0n) is 15.6. The van der Waals surface area contributed by atoms with E-state index < -0.39 is 0 Å². The van der Waals surface area contributed by atoms with E-state index in [1.165, 1.54) is 63.5 Å². The summed E-state index contributed by atoms with van der Waals surface area (Å²) in [6.45, 7) is 0. The zero-order chi connectivity index (χ0) is 18.5. The molecule has 0 unspecified atom stereocenters. The fourth-order valence-electron chi connectivity index (χ4n) is 3.19. The molecule has 3 nitrogen and oxygen atoms in total. The van der Waals surface area contributed by atoms with E-state index in [-0.39, 0.29) is 5.91 Å². The molecule has 0 bridgehead atoms. The Morgan fingerprint density at radius 1 is 1.00 bits per heavy atom. The highest BCUT2D eigenvalue weighted by Gasteiger charge is 2.06. The van der Waals surface area contributed by atoms with Crippen molar-refractivity contribution >= 4 is 35.0 Å². The molecule has 0 radical (unpaired) electrons. The second-order valence-corrected chi connectivity index (χ2v) is 8.44. The Hall–Kier alpha value is -1.00. The van der Waals surface area contributed by atoms with Gasteiger partial charge in [-0.05, 0) is 43.4 Å². The first-order valence-electron chi connectivity index (χ1n) is 9.90. The van der Waals surface area contributed by atoms with Crippen molar-refractivity contribution in [1.29, 1.82) is 0 Å². The van der Waals surface area contributed by atoms with Gasteiger partial charge in [0.1, 0.15) is 0 Å². The largest absolute Gasteiger partial charge is 0.272 e. The van der Waals surface area contributed by atoms with Crippen LogP contribution in [0.5, 0.6) is 0 Å². The normalized spacial score (nSPS) is 17.0. The molecule has 144 valence electrons. The Labute approximate surface area is 167 Å². The van der Waals surface area contributed by atoms with Crippen molar-refractivity contribution in [3.63, 3.8) is 0 Å². The van der Waals surface area contributed by atoms with Crippen molar-refractivity contribution in [2.45, 2.75) is 76.4 Å². The molecule has 1 aromatic carbocycles. The van der Waals surface area contributed by atoms with E-state index in [0.29, 0.717) is 5.75 Å². The first-order valence-corrected chi connectivity index (χ1v) is 11.4. The third-order valence-electron chi connectivity index (χ3n) is 4.66. The average Bonchev–Trinajstić information content (AvgIpc) is 2.61. The molecule has 1 fully saturated rings. The smallest absolute Gasteiger partial charge is 0.250 e. The maximum Gasteiger partial charge on any atom is 0.250 e. The van der Waals surface area contributed by atoms with Gasteiger partial charge in [-0.1, -0.05) is 68.7 Å². The summed E-state index contributed by atoms with van der Waals surface area (Å²) in [5.74, 6) is 1.18. The van der Waals surface area contributed by atoms with Crippen LogP contribution in [0.4, 0.5) is 0 Å². The molecule has 1 N–H and O–H groups in total. The van der Waals surface area contributed by atoms with Gasteiger partial charge < -0.3 is 0 Å². The molecule has 0 heterocycles. The second kappa shape index (κ2) is 13.2. The van der Waals surface area contributed by atoms with Gasteiger partial charge >= 0.3 is 0 Å². The lowest BCUT2D eigenvalue weighted by Crippen LogP contribution is -2.21. The predicted octanol–water partition coefficient (Wildman–Crippen LogP) is 6.35. The maximum atomic E-state index is 12.1. The molecule has 0 saturated heterocycles. The number of carbonyl (C=O) groups excluding carboxylic acids is 1. The van der Waals surface area contributed by atoms with Crippen LogP contribution in [0.15, 0.2) is 29.4 Å². The van der Waals surface area contributed by atoms with Gasteiger partial charge in [-0.2, -0.15) is 5.10 Å². The van der Waals surface area contributed by atoms with Gasteiger partial charge in [-0.3, -0.25) is 4.79 Å². The van der Waals surface area contributed by atoms with Crippen molar-refractivity contribution < 1.29 is 4.79 Å². The summed E-state index contributed by atoms with van der Waals surface area (Å²) in [5, 5.41) is 5.17. The third kappa shape index (κ3) is 9.63. The first-order chi connectivity index (χ1) is 12.7. The van der Waals surface area contributed by atoms with E-state index in [0.717, 1.165) is 29.2 Å². The van der Waals surface area contributed by atoms with E-state index in [4.69, 9.17) is 11.6 Å². The summed E-state index contributed by atoms with van der Waals surface area (Å²) >= 11 is 7.57. The lowest BCUT2D eigenvalue weighted by atomic mass is 10.00. The molecule has 0 atom stereocenters. The standard InChI is InChI=1S/C21H31ClN2OS/c22-19-12-10-11-18(15-19)16-26-17-21(25)24-23-20-13-8-6-4-2-1-3-5-7-9-14-20/h10-12,15H,1-9,13-14,16-17H2,(H,24,25). The number of benzene rings is 1. The highest BCUT2D eigenvalue weighted by Crippen LogP contribution is 2.17. The van der Waals surface area contributed by atoms with Gasteiger partial charge in [0.05, 0.1) is 5.75 Å². The molecule has 26 heavy (non-hydrogen) atoms. The molecule has 5 heteroatoms. The van der Waals surface area contributed by atoms with Crippen LogP contribution in [-0.2, 0) is 10.5 Å². The van der Waals surface area contributed by atoms with Crippen molar-refractivity contribution in [3.05, 3.63) is 34.9 Å². The number of rotatable bonds is 5. The minimum atomic E-state index is -0.0179. The fraction of sp³-hybridized carbons (Fsp3) is 0.619.